The number of aliphatic imine (C=N–C) groups is 1. The van der Waals surface area contributed by atoms with Gasteiger partial charge in [-0.2, -0.15) is 4.99 Å². The van der Waals surface area contributed by atoms with Gasteiger partial charge in [-0.1, -0.05) is 47.7 Å². The molecule has 2 aromatic carbocycles. The molecule has 0 N–H and O–H groups in total. The van der Waals surface area contributed by atoms with Crippen molar-refractivity contribution in [1.82, 2.24) is 4.90 Å². The smallest absolute Gasteiger partial charge is 0.252 e. The van der Waals surface area contributed by atoms with Crippen molar-refractivity contribution in [3.05, 3.63) is 59.2 Å². The largest absolute Gasteiger partial charge is 0.493 e. The molecule has 2 fully saturated rings. The van der Waals surface area contributed by atoms with Crippen LogP contribution in [-0.4, -0.2) is 61.4 Å². The highest BCUT2D eigenvalue weighted by Crippen LogP contribution is 2.39. The lowest BCUT2D eigenvalue weighted by atomic mass is 10.1. The molecule has 2 heterocycles. The molecule has 0 radical (unpaired) electrons. The van der Waals surface area contributed by atoms with Crippen molar-refractivity contribution in [2.75, 3.05) is 25.7 Å². The molecule has 32 heavy (non-hydrogen) atoms. The molecular weight excluding hydrogens is 448 g/mol. The molecule has 0 aliphatic carbocycles. The van der Waals surface area contributed by atoms with E-state index < -0.39 is 9.84 Å². The molecule has 0 aromatic heterocycles. The van der Waals surface area contributed by atoms with Gasteiger partial charge in [0.1, 0.15) is 0 Å². The second-order valence-corrected chi connectivity index (χ2v) is 11.4. The lowest BCUT2D eigenvalue weighted by molar-refractivity contribution is -0.117. The van der Waals surface area contributed by atoms with Gasteiger partial charge >= 0.3 is 0 Å². The molecule has 9 heteroatoms. The summed E-state index contributed by atoms with van der Waals surface area (Å²) in [7, 11) is 0.0310. The summed E-state index contributed by atoms with van der Waals surface area (Å²) in [5.41, 5.74) is 2.99. The number of methoxy groups -OCH3 is 2. The Kier molecular flexibility index (Phi) is 6.48. The molecule has 2 atom stereocenters. The Balaban J connectivity index is 1.56. The van der Waals surface area contributed by atoms with Crippen LogP contribution in [-0.2, 0) is 27.6 Å². The van der Waals surface area contributed by atoms with Crippen molar-refractivity contribution < 1.29 is 22.7 Å². The number of fused-ring (bicyclic) bond motifs is 1. The van der Waals surface area contributed by atoms with Gasteiger partial charge < -0.3 is 14.4 Å². The third kappa shape index (κ3) is 4.94. The summed E-state index contributed by atoms with van der Waals surface area (Å²) in [6, 6.07) is 13.3. The number of amidine groups is 1. The van der Waals surface area contributed by atoms with Crippen molar-refractivity contribution >= 4 is 32.7 Å². The fourth-order valence-electron chi connectivity index (χ4n) is 4.02. The maximum Gasteiger partial charge on any atom is 0.252 e. The maximum atomic E-state index is 12.8. The average Bonchev–Trinajstić information content (AvgIpc) is 3.21. The first-order valence-corrected chi connectivity index (χ1v) is 13.0. The highest BCUT2D eigenvalue weighted by Gasteiger charge is 2.48. The lowest BCUT2D eigenvalue weighted by Gasteiger charge is -2.24. The minimum Gasteiger partial charge on any atom is -0.493 e. The molecule has 1 amide bonds. The van der Waals surface area contributed by atoms with Crippen LogP contribution < -0.4 is 9.47 Å². The Hall–Kier alpha value is -2.52. The van der Waals surface area contributed by atoms with Crippen LogP contribution in [0.5, 0.6) is 11.5 Å². The fraction of sp³-hybridized carbons (Fsp3) is 0.391. The standard InChI is InChI=1S/C23H26N2O5S2/c1-15-4-6-16(7-5-15)12-25-18-13-32(27,28)14-21(18)31-23(25)24-22(26)11-17-8-9-19(29-2)20(10-17)30-3/h4-10,18,21H,11-14H2,1-3H3/t18-,21-/m1/s1. The van der Waals surface area contributed by atoms with E-state index in [0.717, 1.165) is 16.7 Å². The molecule has 2 saturated heterocycles. The third-order valence-corrected chi connectivity index (χ3v) is 8.92. The summed E-state index contributed by atoms with van der Waals surface area (Å²) in [6.07, 6.45) is 0.121. The Labute approximate surface area is 192 Å². The van der Waals surface area contributed by atoms with E-state index in [1.807, 2.05) is 42.2 Å². The second kappa shape index (κ2) is 9.15. The molecular formula is C23H26N2O5S2. The topological polar surface area (TPSA) is 85.3 Å². The van der Waals surface area contributed by atoms with Gasteiger partial charge in [-0.3, -0.25) is 4.79 Å². The number of hydrogen-bond donors (Lipinski definition) is 0. The number of nitrogens with zero attached hydrogens (tertiary/aromatic N) is 2. The predicted octanol–water partition coefficient (Wildman–Crippen LogP) is 2.85. The van der Waals surface area contributed by atoms with E-state index in [1.54, 1.807) is 26.4 Å². The van der Waals surface area contributed by atoms with Crippen LogP contribution in [0.25, 0.3) is 0 Å². The number of benzene rings is 2. The normalized spacial score (nSPS) is 22.7. The Morgan fingerprint density at radius 3 is 2.44 bits per heavy atom. The quantitative estimate of drug-likeness (QED) is 0.636. The van der Waals surface area contributed by atoms with E-state index in [9.17, 15) is 13.2 Å². The number of sulfone groups is 1. The van der Waals surface area contributed by atoms with Gasteiger partial charge in [-0.25, -0.2) is 8.42 Å². The van der Waals surface area contributed by atoms with Crippen LogP contribution in [0.4, 0.5) is 0 Å². The Bertz CT molecular complexity index is 1150. The zero-order chi connectivity index (χ0) is 22.9. The predicted molar refractivity (Wildman–Crippen MR) is 126 cm³/mol. The monoisotopic (exact) mass is 474 g/mol. The van der Waals surface area contributed by atoms with Gasteiger partial charge in [-0.15, -0.1) is 0 Å². The number of carbonyl (C=O) groups excluding carboxylic acids is 1. The summed E-state index contributed by atoms with van der Waals surface area (Å²) in [5, 5.41) is 0.499. The maximum absolute atomic E-state index is 12.8. The van der Waals surface area contributed by atoms with Crippen molar-refractivity contribution in [1.29, 1.82) is 0 Å². The van der Waals surface area contributed by atoms with Gasteiger partial charge in [-0.05, 0) is 30.2 Å². The van der Waals surface area contributed by atoms with Crippen LogP contribution in [0.1, 0.15) is 16.7 Å². The number of thioether (sulfide) groups is 1. The zero-order valence-corrected chi connectivity index (χ0v) is 19.9. The number of rotatable bonds is 6. The van der Waals surface area contributed by atoms with Crippen molar-refractivity contribution in [2.45, 2.75) is 31.2 Å². The van der Waals surface area contributed by atoms with Gasteiger partial charge in [0.05, 0.1) is 38.2 Å². The molecule has 2 aliphatic rings. The van der Waals surface area contributed by atoms with Crippen molar-refractivity contribution in [2.24, 2.45) is 4.99 Å². The molecule has 0 bridgehead atoms. The number of hydrogen-bond acceptors (Lipinski definition) is 6. The number of amides is 1. The molecule has 4 rings (SSSR count). The molecule has 2 aliphatic heterocycles. The molecule has 0 saturated carbocycles. The molecule has 2 aromatic rings. The Morgan fingerprint density at radius 1 is 1.06 bits per heavy atom. The second-order valence-electron chi connectivity index (χ2n) is 8.07. The summed E-state index contributed by atoms with van der Waals surface area (Å²) in [5.74, 6) is 1.09. The first kappa shape index (κ1) is 22.7. The van der Waals surface area contributed by atoms with Crippen LogP contribution in [0.15, 0.2) is 47.5 Å². The van der Waals surface area contributed by atoms with E-state index in [-0.39, 0.29) is 35.1 Å². The highest BCUT2D eigenvalue weighted by molar-refractivity contribution is 8.15. The van der Waals surface area contributed by atoms with Gasteiger partial charge in [0.25, 0.3) is 5.91 Å². The zero-order valence-electron chi connectivity index (χ0n) is 18.3. The average molecular weight is 475 g/mol. The first-order valence-electron chi connectivity index (χ1n) is 10.3. The van der Waals surface area contributed by atoms with Gasteiger partial charge in [0, 0.05) is 11.8 Å². The number of ether oxygens (including phenoxy) is 2. The van der Waals surface area contributed by atoms with E-state index in [1.165, 1.54) is 11.8 Å². The molecule has 170 valence electrons. The molecule has 0 spiro atoms. The number of carbonyl (C=O) groups is 1. The minimum atomic E-state index is -3.08. The first-order chi connectivity index (χ1) is 15.3. The van der Waals surface area contributed by atoms with E-state index in [2.05, 4.69) is 4.99 Å². The third-order valence-electron chi connectivity index (χ3n) is 5.67. The van der Waals surface area contributed by atoms with Crippen molar-refractivity contribution in [3.8, 4) is 11.5 Å². The Morgan fingerprint density at radius 2 is 1.75 bits per heavy atom. The van der Waals surface area contributed by atoms with Crippen LogP contribution >= 0.6 is 11.8 Å². The van der Waals surface area contributed by atoms with Crippen LogP contribution in [0.2, 0.25) is 0 Å². The highest BCUT2D eigenvalue weighted by atomic mass is 32.2. The number of aryl methyl sites for hydroxylation is 1. The van der Waals surface area contributed by atoms with Crippen molar-refractivity contribution in [3.63, 3.8) is 0 Å². The fourth-order valence-corrected chi connectivity index (χ4v) is 7.99. The summed E-state index contributed by atoms with van der Waals surface area (Å²) in [4.78, 5) is 19.2. The van der Waals surface area contributed by atoms with E-state index >= 15 is 0 Å². The van der Waals surface area contributed by atoms with Gasteiger partial charge in [0.2, 0.25) is 0 Å². The minimum absolute atomic E-state index is 0.0966. The van der Waals surface area contributed by atoms with Crippen LogP contribution in [0.3, 0.4) is 0 Å². The summed E-state index contributed by atoms with van der Waals surface area (Å²) >= 11 is 1.40. The van der Waals surface area contributed by atoms with E-state index in [4.69, 9.17) is 9.47 Å². The van der Waals surface area contributed by atoms with E-state index in [0.29, 0.717) is 23.2 Å². The summed E-state index contributed by atoms with van der Waals surface area (Å²) in [6.45, 7) is 2.54. The lowest BCUT2D eigenvalue weighted by Crippen LogP contribution is -2.37. The van der Waals surface area contributed by atoms with Gasteiger partial charge in [0.15, 0.2) is 26.5 Å². The molecule has 7 nitrogen and oxygen atoms in total. The molecule has 0 unspecified atom stereocenters. The SMILES string of the molecule is COc1ccc(CC(=O)N=C2S[C@@H]3CS(=O)(=O)C[C@H]3N2Cc2ccc(C)cc2)cc1OC. The summed E-state index contributed by atoms with van der Waals surface area (Å²) < 4.78 is 35.0. The van der Waals surface area contributed by atoms with Crippen LogP contribution in [0, 0.1) is 6.92 Å².